The summed E-state index contributed by atoms with van der Waals surface area (Å²) < 4.78 is 2.51. The van der Waals surface area contributed by atoms with Crippen LogP contribution in [0, 0.1) is 6.92 Å². The minimum absolute atomic E-state index is 0.0460. The van der Waals surface area contributed by atoms with Crippen LogP contribution >= 0.6 is 15.9 Å². The molecule has 0 saturated carbocycles. The van der Waals surface area contributed by atoms with E-state index in [1.807, 2.05) is 43.3 Å². The molecule has 2 heterocycles. The lowest BCUT2D eigenvalue weighted by Gasteiger charge is -2.23. The number of hydrogen-bond donors (Lipinski definition) is 2. The number of aromatic nitrogens is 2. The van der Waals surface area contributed by atoms with Gasteiger partial charge in [0.2, 0.25) is 11.8 Å². The molecule has 27 heavy (non-hydrogen) atoms. The van der Waals surface area contributed by atoms with Crippen molar-refractivity contribution in [2.45, 2.75) is 19.4 Å². The summed E-state index contributed by atoms with van der Waals surface area (Å²) in [7, 11) is 0. The number of halogens is 1. The molecule has 0 radical (unpaired) electrons. The summed E-state index contributed by atoms with van der Waals surface area (Å²) in [6, 6.07) is 16.3. The molecule has 0 bridgehead atoms. The predicted octanol–water partition coefficient (Wildman–Crippen LogP) is 4.14. The van der Waals surface area contributed by atoms with Crippen molar-refractivity contribution in [2.24, 2.45) is 0 Å². The Balaban J connectivity index is 1.63. The molecular formula is C20H17BrN4O2. The van der Waals surface area contributed by atoms with Crippen LogP contribution in [-0.2, 0) is 9.59 Å². The molecular weight excluding hydrogens is 408 g/mol. The molecule has 136 valence electrons. The van der Waals surface area contributed by atoms with E-state index in [9.17, 15) is 9.59 Å². The summed E-state index contributed by atoms with van der Waals surface area (Å²) in [5, 5.41) is 10.2. The highest BCUT2D eigenvalue weighted by Crippen LogP contribution is 2.30. The first-order valence-electron chi connectivity index (χ1n) is 8.52. The van der Waals surface area contributed by atoms with Crippen molar-refractivity contribution in [2.75, 3.05) is 10.6 Å². The Morgan fingerprint density at radius 3 is 2.59 bits per heavy atom. The lowest BCUT2D eigenvalue weighted by Crippen LogP contribution is -2.35. The summed E-state index contributed by atoms with van der Waals surface area (Å²) in [6.45, 7) is 2.02. The third kappa shape index (κ3) is 3.64. The van der Waals surface area contributed by atoms with Crippen LogP contribution < -0.4 is 10.6 Å². The second-order valence-corrected chi connectivity index (χ2v) is 7.41. The lowest BCUT2D eigenvalue weighted by molar-refractivity contribution is -0.125. The number of anilines is 2. The molecule has 0 unspecified atom stereocenters. The number of carbonyl (C=O) groups excluding carboxylic acids is 2. The second kappa shape index (κ2) is 7.00. The molecule has 0 spiro atoms. The standard InChI is InChI=1S/C20H17BrN4O2/c1-12-2-4-13(5-3-12)16-10-18-23-19(26)11-17(25(18)24-16)20(27)22-15-8-6-14(21)7-9-15/h2-10,17H,11H2,1H3,(H,22,27)(H,23,26)/t17-/m1/s1. The molecule has 7 heteroatoms. The van der Waals surface area contributed by atoms with E-state index < -0.39 is 6.04 Å². The highest BCUT2D eigenvalue weighted by atomic mass is 79.9. The number of amides is 2. The molecule has 1 aliphatic rings. The van der Waals surface area contributed by atoms with Gasteiger partial charge in [-0.1, -0.05) is 45.8 Å². The van der Waals surface area contributed by atoms with Gasteiger partial charge in [-0.3, -0.25) is 9.59 Å². The number of nitrogens with one attached hydrogen (secondary N) is 2. The largest absolute Gasteiger partial charge is 0.324 e. The molecule has 3 aromatic rings. The lowest BCUT2D eigenvalue weighted by atomic mass is 10.1. The minimum Gasteiger partial charge on any atom is -0.324 e. The Morgan fingerprint density at radius 2 is 1.89 bits per heavy atom. The molecule has 0 aliphatic carbocycles. The fourth-order valence-corrected chi connectivity index (χ4v) is 3.27. The Morgan fingerprint density at radius 1 is 1.19 bits per heavy atom. The van der Waals surface area contributed by atoms with Gasteiger partial charge in [0.05, 0.1) is 12.1 Å². The van der Waals surface area contributed by atoms with E-state index in [1.165, 1.54) is 0 Å². The Kier molecular flexibility index (Phi) is 4.53. The zero-order valence-electron chi connectivity index (χ0n) is 14.6. The summed E-state index contributed by atoms with van der Waals surface area (Å²) in [5.74, 6) is 0.0542. The average Bonchev–Trinajstić information content (AvgIpc) is 3.07. The van der Waals surface area contributed by atoms with E-state index in [0.717, 1.165) is 15.6 Å². The quantitative estimate of drug-likeness (QED) is 0.662. The molecule has 0 fully saturated rings. The molecule has 2 N–H and O–H groups in total. The van der Waals surface area contributed by atoms with Crippen molar-refractivity contribution in [1.82, 2.24) is 9.78 Å². The highest BCUT2D eigenvalue weighted by molar-refractivity contribution is 9.10. The third-order valence-electron chi connectivity index (χ3n) is 4.44. The number of rotatable bonds is 3. The fourth-order valence-electron chi connectivity index (χ4n) is 3.01. The number of carbonyl (C=O) groups is 2. The van der Waals surface area contributed by atoms with Crippen LogP contribution in [0.5, 0.6) is 0 Å². The van der Waals surface area contributed by atoms with E-state index in [2.05, 4.69) is 31.7 Å². The number of aryl methyl sites for hydroxylation is 1. The van der Waals surface area contributed by atoms with Crippen molar-refractivity contribution < 1.29 is 9.59 Å². The summed E-state index contributed by atoms with van der Waals surface area (Å²) >= 11 is 3.37. The zero-order valence-corrected chi connectivity index (χ0v) is 16.2. The highest BCUT2D eigenvalue weighted by Gasteiger charge is 2.32. The van der Waals surface area contributed by atoms with Gasteiger partial charge in [0, 0.05) is 21.8 Å². The number of hydrogen-bond acceptors (Lipinski definition) is 3. The number of nitrogens with zero attached hydrogens (tertiary/aromatic N) is 2. The molecule has 6 nitrogen and oxygen atoms in total. The van der Waals surface area contributed by atoms with Gasteiger partial charge in [0.15, 0.2) is 0 Å². The van der Waals surface area contributed by atoms with Gasteiger partial charge in [-0.25, -0.2) is 4.68 Å². The van der Waals surface area contributed by atoms with Gasteiger partial charge in [-0.15, -0.1) is 0 Å². The second-order valence-electron chi connectivity index (χ2n) is 6.49. The van der Waals surface area contributed by atoms with E-state index >= 15 is 0 Å². The van der Waals surface area contributed by atoms with E-state index in [1.54, 1.807) is 22.9 Å². The van der Waals surface area contributed by atoms with Gasteiger partial charge in [0.25, 0.3) is 0 Å². The molecule has 0 saturated heterocycles. The van der Waals surface area contributed by atoms with Crippen molar-refractivity contribution >= 4 is 39.2 Å². The molecule has 1 aliphatic heterocycles. The van der Waals surface area contributed by atoms with Crippen LogP contribution in [0.15, 0.2) is 59.1 Å². The predicted molar refractivity (Wildman–Crippen MR) is 107 cm³/mol. The van der Waals surface area contributed by atoms with Gasteiger partial charge in [-0.2, -0.15) is 5.10 Å². The monoisotopic (exact) mass is 424 g/mol. The summed E-state index contributed by atoms with van der Waals surface area (Å²) in [5.41, 5.74) is 3.47. The van der Waals surface area contributed by atoms with E-state index in [0.29, 0.717) is 17.2 Å². The van der Waals surface area contributed by atoms with E-state index in [4.69, 9.17) is 0 Å². The van der Waals surface area contributed by atoms with Gasteiger partial charge in [0.1, 0.15) is 11.9 Å². The minimum atomic E-state index is -0.698. The third-order valence-corrected chi connectivity index (χ3v) is 4.97. The maximum absolute atomic E-state index is 12.8. The number of fused-ring (bicyclic) bond motifs is 1. The topological polar surface area (TPSA) is 76.0 Å². The smallest absolute Gasteiger partial charge is 0.249 e. The Hall–Kier alpha value is -2.93. The first-order valence-corrected chi connectivity index (χ1v) is 9.32. The number of benzene rings is 2. The molecule has 4 rings (SSSR count). The normalized spacial score (nSPS) is 15.8. The van der Waals surface area contributed by atoms with Crippen LogP contribution in [-0.4, -0.2) is 21.6 Å². The van der Waals surface area contributed by atoms with Crippen LogP contribution in [0.3, 0.4) is 0 Å². The summed E-state index contributed by atoms with van der Waals surface area (Å²) in [6.07, 6.45) is 0.0460. The van der Waals surface area contributed by atoms with Crippen molar-refractivity contribution in [3.8, 4) is 11.3 Å². The molecule has 2 aromatic carbocycles. The SMILES string of the molecule is Cc1ccc(-c2cc3n(n2)[C@@H](C(=O)Nc2ccc(Br)cc2)CC(=O)N3)cc1. The first kappa shape index (κ1) is 17.5. The van der Waals surface area contributed by atoms with Crippen molar-refractivity contribution in [3.63, 3.8) is 0 Å². The zero-order chi connectivity index (χ0) is 19.0. The molecule has 1 aromatic heterocycles. The van der Waals surface area contributed by atoms with Crippen LogP contribution in [0.1, 0.15) is 18.0 Å². The van der Waals surface area contributed by atoms with Gasteiger partial charge < -0.3 is 10.6 Å². The van der Waals surface area contributed by atoms with Crippen molar-refractivity contribution in [3.05, 3.63) is 64.6 Å². The average molecular weight is 425 g/mol. The maximum atomic E-state index is 12.8. The molecule has 2 amide bonds. The van der Waals surface area contributed by atoms with Crippen LogP contribution in [0.2, 0.25) is 0 Å². The Bertz CT molecular complexity index is 1010. The fraction of sp³-hybridized carbons (Fsp3) is 0.150. The van der Waals surface area contributed by atoms with Crippen LogP contribution in [0.25, 0.3) is 11.3 Å². The van der Waals surface area contributed by atoms with Gasteiger partial charge in [-0.05, 0) is 31.2 Å². The summed E-state index contributed by atoms with van der Waals surface area (Å²) in [4.78, 5) is 24.9. The van der Waals surface area contributed by atoms with Crippen LogP contribution in [0.4, 0.5) is 11.5 Å². The van der Waals surface area contributed by atoms with Crippen molar-refractivity contribution in [1.29, 1.82) is 0 Å². The first-order chi connectivity index (χ1) is 13.0. The Labute approximate surface area is 164 Å². The van der Waals surface area contributed by atoms with Gasteiger partial charge >= 0.3 is 0 Å². The van der Waals surface area contributed by atoms with E-state index in [-0.39, 0.29) is 18.2 Å². The maximum Gasteiger partial charge on any atom is 0.249 e. The molecule has 1 atom stereocenters.